The maximum absolute atomic E-state index is 12.3. The largest absolute Gasteiger partial charge is 0.454 e. The number of nitrogens with zero attached hydrogens (tertiary/aromatic N) is 1. The van der Waals surface area contributed by atoms with Gasteiger partial charge in [-0.2, -0.15) is 0 Å². The fourth-order valence-electron chi connectivity index (χ4n) is 3.72. The first kappa shape index (κ1) is 17.7. The topological polar surface area (TPSA) is 66.5 Å². The lowest BCUT2D eigenvalue weighted by Gasteiger charge is -2.13. The zero-order valence-electron chi connectivity index (χ0n) is 15.5. The number of carbonyl (C=O) groups excluding carboxylic acids is 1. The molecule has 4 rings (SSSR count). The number of rotatable bonds is 6. The highest BCUT2D eigenvalue weighted by molar-refractivity contribution is 7.13. The molecule has 0 aliphatic carbocycles. The van der Waals surface area contributed by atoms with E-state index in [9.17, 15) is 4.79 Å². The number of primary amides is 1. The van der Waals surface area contributed by atoms with Crippen LogP contribution in [0.25, 0.3) is 10.4 Å². The molecule has 0 saturated carbocycles. The van der Waals surface area contributed by atoms with Crippen LogP contribution in [0.15, 0.2) is 35.7 Å². The molecule has 0 radical (unpaired) electrons. The summed E-state index contributed by atoms with van der Waals surface area (Å²) in [7, 11) is 0. The SMILES string of the molecule is CCCc1c(-c2cccs2)c(C(N)=O)c(C)n1Cc1ccc2c(c1)OCO2. The first-order valence-electron chi connectivity index (χ1n) is 9.04. The Labute approximate surface area is 162 Å². The second kappa shape index (κ2) is 7.12. The number of fused-ring (bicyclic) bond motifs is 1. The van der Waals surface area contributed by atoms with E-state index in [2.05, 4.69) is 17.6 Å². The Morgan fingerprint density at radius 2 is 2.07 bits per heavy atom. The van der Waals surface area contributed by atoms with Crippen molar-refractivity contribution in [3.05, 3.63) is 58.2 Å². The summed E-state index contributed by atoms with van der Waals surface area (Å²) in [4.78, 5) is 13.4. The van der Waals surface area contributed by atoms with E-state index in [-0.39, 0.29) is 12.7 Å². The third-order valence-electron chi connectivity index (χ3n) is 4.91. The first-order chi connectivity index (χ1) is 13.1. The van der Waals surface area contributed by atoms with Gasteiger partial charge in [0.2, 0.25) is 6.79 Å². The molecule has 140 valence electrons. The van der Waals surface area contributed by atoms with Crippen LogP contribution in [0.5, 0.6) is 11.5 Å². The van der Waals surface area contributed by atoms with Crippen LogP contribution in [0, 0.1) is 6.92 Å². The second-order valence-corrected chi connectivity index (χ2v) is 7.60. The Bertz CT molecular complexity index is 990. The number of hydrogen-bond donors (Lipinski definition) is 1. The molecule has 1 aromatic carbocycles. The van der Waals surface area contributed by atoms with Crippen molar-refractivity contribution in [1.29, 1.82) is 0 Å². The van der Waals surface area contributed by atoms with Crippen LogP contribution in [-0.2, 0) is 13.0 Å². The lowest BCUT2D eigenvalue weighted by atomic mass is 10.0. The fraction of sp³-hybridized carbons (Fsp3) is 0.286. The molecule has 0 bridgehead atoms. The molecular weight excluding hydrogens is 360 g/mol. The Hall–Kier alpha value is -2.73. The Morgan fingerprint density at radius 3 is 2.78 bits per heavy atom. The second-order valence-electron chi connectivity index (χ2n) is 6.65. The molecular formula is C21H22N2O3S. The summed E-state index contributed by atoms with van der Waals surface area (Å²) >= 11 is 1.63. The summed E-state index contributed by atoms with van der Waals surface area (Å²) in [6.07, 6.45) is 1.87. The van der Waals surface area contributed by atoms with Crippen LogP contribution in [-0.4, -0.2) is 17.3 Å². The number of thiophene rings is 1. The molecule has 2 N–H and O–H groups in total. The standard InChI is InChI=1S/C21H22N2O3S/c1-3-5-15-20(18-6-4-9-27-18)19(21(22)24)13(2)23(15)11-14-7-8-16-17(10-14)26-12-25-16/h4,6-10H,3,5,11-12H2,1-2H3,(H2,22,24). The minimum Gasteiger partial charge on any atom is -0.454 e. The maximum Gasteiger partial charge on any atom is 0.251 e. The Balaban J connectivity index is 1.84. The van der Waals surface area contributed by atoms with Gasteiger partial charge in [-0.3, -0.25) is 4.79 Å². The van der Waals surface area contributed by atoms with Gasteiger partial charge < -0.3 is 19.8 Å². The number of benzene rings is 1. The number of ether oxygens (including phenoxy) is 2. The van der Waals surface area contributed by atoms with Crippen molar-refractivity contribution in [3.63, 3.8) is 0 Å². The van der Waals surface area contributed by atoms with Crippen molar-refractivity contribution >= 4 is 17.2 Å². The summed E-state index contributed by atoms with van der Waals surface area (Å²) in [5.74, 6) is 1.16. The predicted molar refractivity (Wildman–Crippen MR) is 107 cm³/mol. The third-order valence-corrected chi connectivity index (χ3v) is 5.80. The van der Waals surface area contributed by atoms with E-state index >= 15 is 0 Å². The number of amides is 1. The number of carbonyl (C=O) groups is 1. The predicted octanol–water partition coefficient (Wildman–Crippen LogP) is 4.35. The van der Waals surface area contributed by atoms with Crippen molar-refractivity contribution in [3.8, 4) is 21.9 Å². The van der Waals surface area contributed by atoms with Gasteiger partial charge in [0.05, 0.1) is 5.56 Å². The highest BCUT2D eigenvalue weighted by Crippen LogP contribution is 2.37. The molecule has 3 heterocycles. The first-order valence-corrected chi connectivity index (χ1v) is 9.92. The molecule has 1 aliphatic rings. The summed E-state index contributed by atoms with van der Waals surface area (Å²) in [5, 5.41) is 2.03. The van der Waals surface area contributed by atoms with Gasteiger partial charge >= 0.3 is 0 Å². The van der Waals surface area contributed by atoms with E-state index in [0.29, 0.717) is 12.1 Å². The molecule has 0 unspecified atom stereocenters. The van der Waals surface area contributed by atoms with Gasteiger partial charge in [-0.05, 0) is 42.5 Å². The molecule has 6 heteroatoms. The van der Waals surface area contributed by atoms with Crippen molar-refractivity contribution in [2.45, 2.75) is 33.2 Å². The summed E-state index contributed by atoms with van der Waals surface area (Å²) in [6.45, 7) is 5.04. The van der Waals surface area contributed by atoms with Crippen molar-refractivity contribution in [2.75, 3.05) is 6.79 Å². The normalized spacial score (nSPS) is 12.5. The Morgan fingerprint density at radius 1 is 1.26 bits per heavy atom. The minimum atomic E-state index is -0.377. The van der Waals surface area contributed by atoms with Gasteiger partial charge in [-0.15, -0.1) is 11.3 Å². The fourth-order valence-corrected chi connectivity index (χ4v) is 4.52. The Kier molecular flexibility index (Phi) is 4.66. The van der Waals surface area contributed by atoms with E-state index in [1.165, 1.54) is 0 Å². The van der Waals surface area contributed by atoms with E-state index < -0.39 is 0 Å². The molecule has 3 aromatic rings. The van der Waals surface area contributed by atoms with Gasteiger partial charge in [-0.1, -0.05) is 25.5 Å². The van der Waals surface area contributed by atoms with E-state index in [1.807, 2.05) is 36.6 Å². The van der Waals surface area contributed by atoms with Crippen LogP contribution >= 0.6 is 11.3 Å². The molecule has 0 fully saturated rings. The van der Waals surface area contributed by atoms with Crippen LogP contribution in [0.1, 0.15) is 40.7 Å². The molecule has 5 nitrogen and oxygen atoms in total. The maximum atomic E-state index is 12.3. The monoisotopic (exact) mass is 382 g/mol. The summed E-state index contributed by atoms with van der Waals surface area (Å²) in [5.41, 5.74) is 10.6. The highest BCUT2D eigenvalue weighted by atomic mass is 32.1. The lowest BCUT2D eigenvalue weighted by Crippen LogP contribution is -2.13. The van der Waals surface area contributed by atoms with Crippen molar-refractivity contribution < 1.29 is 14.3 Å². The number of hydrogen-bond acceptors (Lipinski definition) is 4. The molecule has 2 aromatic heterocycles. The van der Waals surface area contributed by atoms with Crippen molar-refractivity contribution in [1.82, 2.24) is 4.57 Å². The number of nitrogens with two attached hydrogens (primary N) is 1. The van der Waals surface area contributed by atoms with Crippen molar-refractivity contribution in [2.24, 2.45) is 5.73 Å². The quantitative estimate of drug-likeness (QED) is 0.689. The molecule has 0 spiro atoms. The minimum absolute atomic E-state index is 0.261. The van der Waals surface area contributed by atoms with Gasteiger partial charge in [-0.25, -0.2) is 0 Å². The van der Waals surface area contributed by atoms with E-state index in [4.69, 9.17) is 15.2 Å². The van der Waals surface area contributed by atoms with E-state index in [0.717, 1.165) is 51.7 Å². The molecule has 1 aliphatic heterocycles. The van der Waals surface area contributed by atoms with Gasteiger partial charge in [0.25, 0.3) is 5.91 Å². The summed E-state index contributed by atoms with van der Waals surface area (Å²) in [6, 6.07) is 10.0. The summed E-state index contributed by atoms with van der Waals surface area (Å²) < 4.78 is 13.1. The van der Waals surface area contributed by atoms with Gasteiger partial charge in [0.1, 0.15) is 0 Å². The lowest BCUT2D eigenvalue weighted by molar-refractivity contribution is 0.1000. The molecule has 1 amide bonds. The number of aromatic nitrogens is 1. The van der Waals surface area contributed by atoms with E-state index in [1.54, 1.807) is 11.3 Å². The van der Waals surface area contributed by atoms with Gasteiger partial charge in [0.15, 0.2) is 11.5 Å². The molecule has 27 heavy (non-hydrogen) atoms. The smallest absolute Gasteiger partial charge is 0.251 e. The zero-order valence-corrected chi connectivity index (χ0v) is 16.3. The highest BCUT2D eigenvalue weighted by Gasteiger charge is 2.25. The molecule has 0 saturated heterocycles. The third kappa shape index (κ3) is 3.10. The van der Waals surface area contributed by atoms with Gasteiger partial charge in [0, 0.05) is 28.4 Å². The average Bonchev–Trinajstić information content (AvgIpc) is 3.36. The van der Waals surface area contributed by atoms with Crippen LogP contribution in [0.2, 0.25) is 0 Å². The van der Waals surface area contributed by atoms with Crippen LogP contribution in [0.3, 0.4) is 0 Å². The van der Waals surface area contributed by atoms with Crippen LogP contribution in [0.4, 0.5) is 0 Å². The average molecular weight is 382 g/mol. The molecule has 0 atom stereocenters. The zero-order chi connectivity index (χ0) is 19.0. The van der Waals surface area contributed by atoms with Crippen LogP contribution < -0.4 is 15.2 Å².